The van der Waals surface area contributed by atoms with Gasteiger partial charge in [-0.2, -0.15) is 0 Å². The number of carbonyl (C=O) groups is 1. The van der Waals surface area contributed by atoms with E-state index in [0.29, 0.717) is 10.7 Å². The molecule has 0 saturated carbocycles. The standard InChI is InChI=1S/C21H22ClN3O/c1-3-4-12-23-14-18-21(26)25(2)19-11-10-16(22)13-17(19)20(24-18)15-8-6-5-7-9-15/h5-11,13-14,23H,3-4,12H2,1-2H3. The molecule has 2 aromatic rings. The van der Waals surface area contributed by atoms with Crippen LogP contribution in [0.4, 0.5) is 5.69 Å². The average molecular weight is 368 g/mol. The first kappa shape index (κ1) is 18.2. The SMILES string of the molecule is CCCCNC=C1N=C(c2ccccc2)c2cc(Cl)ccc2N(C)C1=O. The zero-order valence-electron chi connectivity index (χ0n) is 15.0. The highest BCUT2D eigenvalue weighted by Crippen LogP contribution is 2.30. The second-order valence-electron chi connectivity index (χ2n) is 6.19. The summed E-state index contributed by atoms with van der Waals surface area (Å²) in [5.74, 6) is -0.150. The van der Waals surface area contributed by atoms with Gasteiger partial charge in [-0.1, -0.05) is 55.3 Å². The molecule has 4 nitrogen and oxygen atoms in total. The van der Waals surface area contributed by atoms with Crippen LogP contribution in [0.3, 0.4) is 0 Å². The number of carbonyl (C=O) groups excluding carboxylic acids is 1. The fourth-order valence-electron chi connectivity index (χ4n) is 2.86. The molecule has 0 fully saturated rings. The Hall–Kier alpha value is -2.59. The molecule has 0 aromatic heterocycles. The van der Waals surface area contributed by atoms with E-state index >= 15 is 0 Å². The molecule has 26 heavy (non-hydrogen) atoms. The number of benzodiazepines with no additional fused rings is 1. The van der Waals surface area contributed by atoms with Crippen molar-refractivity contribution in [3.05, 3.63) is 76.6 Å². The third-order valence-electron chi connectivity index (χ3n) is 4.29. The Labute approximate surface area is 159 Å². The number of rotatable bonds is 5. The summed E-state index contributed by atoms with van der Waals surface area (Å²) in [6, 6.07) is 15.4. The fraction of sp³-hybridized carbons (Fsp3) is 0.238. The minimum absolute atomic E-state index is 0.150. The number of amides is 1. The number of hydrogen-bond acceptors (Lipinski definition) is 3. The van der Waals surface area contributed by atoms with Crippen molar-refractivity contribution in [2.24, 2.45) is 4.99 Å². The van der Waals surface area contributed by atoms with Gasteiger partial charge in [-0.15, -0.1) is 0 Å². The van der Waals surface area contributed by atoms with E-state index in [0.717, 1.165) is 41.9 Å². The van der Waals surface area contributed by atoms with E-state index in [1.165, 1.54) is 0 Å². The molecule has 2 aromatic carbocycles. The predicted octanol–water partition coefficient (Wildman–Crippen LogP) is 4.38. The van der Waals surface area contributed by atoms with Gasteiger partial charge in [0.1, 0.15) is 5.70 Å². The summed E-state index contributed by atoms with van der Waals surface area (Å²) < 4.78 is 0. The molecule has 0 radical (unpaired) electrons. The molecule has 5 heteroatoms. The van der Waals surface area contributed by atoms with Gasteiger partial charge in [0.25, 0.3) is 5.91 Å². The molecule has 1 heterocycles. The number of hydrogen-bond donors (Lipinski definition) is 1. The topological polar surface area (TPSA) is 44.7 Å². The Bertz CT molecular complexity index is 859. The Kier molecular flexibility index (Phi) is 5.74. The average Bonchev–Trinajstić information content (AvgIpc) is 2.76. The highest BCUT2D eigenvalue weighted by molar-refractivity contribution is 6.32. The molecule has 1 amide bonds. The first-order chi connectivity index (χ1) is 12.6. The first-order valence-electron chi connectivity index (χ1n) is 8.77. The van der Waals surface area contributed by atoms with Gasteiger partial charge in [-0.25, -0.2) is 4.99 Å². The number of nitrogens with zero attached hydrogens (tertiary/aromatic N) is 2. The molecular formula is C21H22ClN3O. The number of benzene rings is 2. The maximum absolute atomic E-state index is 12.9. The van der Waals surface area contributed by atoms with Gasteiger partial charge in [0, 0.05) is 35.9 Å². The van der Waals surface area contributed by atoms with Crippen LogP contribution in [0.25, 0.3) is 0 Å². The zero-order valence-corrected chi connectivity index (χ0v) is 15.8. The van der Waals surface area contributed by atoms with Gasteiger partial charge >= 0.3 is 0 Å². The molecule has 0 aliphatic carbocycles. The van der Waals surface area contributed by atoms with E-state index in [1.54, 1.807) is 24.2 Å². The van der Waals surface area contributed by atoms with Crippen LogP contribution in [0.1, 0.15) is 30.9 Å². The Morgan fingerprint density at radius 2 is 1.96 bits per heavy atom. The van der Waals surface area contributed by atoms with Crippen LogP contribution in [-0.2, 0) is 4.79 Å². The lowest BCUT2D eigenvalue weighted by Gasteiger charge is -2.18. The van der Waals surface area contributed by atoms with E-state index in [4.69, 9.17) is 16.6 Å². The quantitative estimate of drug-likeness (QED) is 0.629. The van der Waals surface area contributed by atoms with Crippen molar-refractivity contribution >= 4 is 28.9 Å². The molecule has 1 aliphatic heterocycles. The van der Waals surface area contributed by atoms with Crippen molar-refractivity contribution in [2.45, 2.75) is 19.8 Å². The number of likely N-dealkylation sites (N-methyl/N-ethyl adjacent to an activating group) is 1. The summed E-state index contributed by atoms with van der Waals surface area (Å²) in [6.07, 6.45) is 3.84. The van der Waals surface area contributed by atoms with Crippen LogP contribution < -0.4 is 10.2 Å². The van der Waals surface area contributed by atoms with Gasteiger partial charge in [-0.05, 0) is 24.6 Å². The summed E-state index contributed by atoms with van der Waals surface area (Å²) in [4.78, 5) is 19.3. The molecule has 1 N–H and O–H groups in total. The minimum atomic E-state index is -0.150. The lowest BCUT2D eigenvalue weighted by Crippen LogP contribution is -2.27. The molecule has 0 saturated heterocycles. The summed E-state index contributed by atoms with van der Waals surface area (Å²) in [5, 5.41) is 3.81. The van der Waals surface area contributed by atoms with E-state index in [2.05, 4.69) is 12.2 Å². The summed E-state index contributed by atoms with van der Waals surface area (Å²) in [5.41, 5.74) is 3.70. The third-order valence-corrected chi connectivity index (χ3v) is 4.53. The molecule has 0 bridgehead atoms. The summed E-state index contributed by atoms with van der Waals surface area (Å²) in [6.45, 7) is 2.94. The molecule has 0 unspecified atom stereocenters. The number of anilines is 1. The number of fused-ring (bicyclic) bond motifs is 1. The minimum Gasteiger partial charge on any atom is -0.389 e. The van der Waals surface area contributed by atoms with Crippen molar-refractivity contribution in [3.8, 4) is 0 Å². The maximum Gasteiger partial charge on any atom is 0.278 e. The summed E-state index contributed by atoms with van der Waals surface area (Å²) in [7, 11) is 1.76. The van der Waals surface area contributed by atoms with Gasteiger partial charge in [-0.3, -0.25) is 4.79 Å². The van der Waals surface area contributed by atoms with Gasteiger partial charge in [0.2, 0.25) is 0 Å². The zero-order chi connectivity index (χ0) is 18.5. The van der Waals surface area contributed by atoms with Crippen molar-refractivity contribution in [3.63, 3.8) is 0 Å². The molecular weight excluding hydrogens is 346 g/mol. The highest BCUT2D eigenvalue weighted by atomic mass is 35.5. The number of unbranched alkanes of at least 4 members (excludes halogenated alkanes) is 1. The molecule has 0 spiro atoms. The second-order valence-corrected chi connectivity index (χ2v) is 6.63. The smallest absolute Gasteiger partial charge is 0.278 e. The van der Waals surface area contributed by atoms with Crippen LogP contribution in [0, 0.1) is 0 Å². The number of aliphatic imine (C=N–C) groups is 1. The van der Waals surface area contributed by atoms with E-state index in [9.17, 15) is 4.79 Å². The van der Waals surface area contributed by atoms with Crippen LogP contribution in [-0.4, -0.2) is 25.2 Å². The third kappa shape index (κ3) is 3.81. The molecule has 3 rings (SSSR count). The summed E-state index contributed by atoms with van der Waals surface area (Å²) >= 11 is 6.24. The van der Waals surface area contributed by atoms with Gasteiger partial charge in [0.15, 0.2) is 0 Å². The Balaban J connectivity index is 2.13. The van der Waals surface area contributed by atoms with Gasteiger partial charge in [0.05, 0.1) is 11.4 Å². The monoisotopic (exact) mass is 367 g/mol. The number of nitrogens with one attached hydrogen (secondary N) is 1. The lowest BCUT2D eigenvalue weighted by molar-refractivity contribution is -0.114. The Morgan fingerprint density at radius 1 is 1.19 bits per heavy atom. The van der Waals surface area contributed by atoms with Crippen molar-refractivity contribution in [1.29, 1.82) is 0 Å². The molecule has 134 valence electrons. The van der Waals surface area contributed by atoms with Crippen LogP contribution in [0.5, 0.6) is 0 Å². The van der Waals surface area contributed by atoms with Gasteiger partial charge < -0.3 is 10.2 Å². The molecule has 0 atom stereocenters. The first-order valence-corrected chi connectivity index (χ1v) is 9.15. The fourth-order valence-corrected chi connectivity index (χ4v) is 3.03. The van der Waals surface area contributed by atoms with Crippen molar-refractivity contribution in [2.75, 3.05) is 18.5 Å². The van der Waals surface area contributed by atoms with Crippen LogP contribution in [0.15, 0.2) is 65.4 Å². The maximum atomic E-state index is 12.9. The normalized spacial score (nSPS) is 15.5. The van der Waals surface area contributed by atoms with Crippen LogP contribution >= 0.6 is 11.6 Å². The van der Waals surface area contributed by atoms with Crippen molar-refractivity contribution < 1.29 is 4.79 Å². The van der Waals surface area contributed by atoms with E-state index in [-0.39, 0.29) is 5.91 Å². The Morgan fingerprint density at radius 3 is 2.69 bits per heavy atom. The predicted molar refractivity (Wildman–Crippen MR) is 108 cm³/mol. The lowest BCUT2D eigenvalue weighted by atomic mass is 10.0. The molecule has 1 aliphatic rings. The van der Waals surface area contributed by atoms with E-state index < -0.39 is 0 Å². The second kappa shape index (κ2) is 8.19. The number of halogens is 1. The van der Waals surface area contributed by atoms with Crippen molar-refractivity contribution in [1.82, 2.24) is 5.32 Å². The largest absolute Gasteiger partial charge is 0.389 e. The van der Waals surface area contributed by atoms with E-state index in [1.807, 2.05) is 42.5 Å². The highest BCUT2D eigenvalue weighted by Gasteiger charge is 2.26. The van der Waals surface area contributed by atoms with Crippen LogP contribution in [0.2, 0.25) is 5.02 Å².